The maximum atomic E-state index is 12.5. The van der Waals surface area contributed by atoms with Gasteiger partial charge in [0.2, 0.25) is 0 Å². The maximum Gasteiger partial charge on any atom is 0.315 e. The first kappa shape index (κ1) is 20.9. The van der Waals surface area contributed by atoms with Crippen LogP contribution < -0.4 is 15.5 Å². The van der Waals surface area contributed by atoms with Crippen LogP contribution in [0.3, 0.4) is 0 Å². The Balaban J connectivity index is 1.62. The van der Waals surface area contributed by atoms with Crippen LogP contribution in [0.2, 0.25) is 0 Å². The molecule has 28 heavy (non-hydrogen) atoms. The summed E-state index contributed by atoms with van der Waals surface area (Å²) in [5.74, 6) is 0. The van der Waals surface area contributed by atoms with Gasteiger partial charge in [0.15, 0.2) is 0 Å². The number of amides is 2. The summed E-state index contributed by atoms with van der Waals surface area (Å²) in [6.45, 7) is 4.84. The zero-order valence-electron chi connectivity index (χ0n) is 17.8. The molecule has 0 spiro atoms. The molecule has 1 saturated heterocycles. The van der Waals surface area contributed by atoms with Crippen molar-refractivity contribution in [2.45, 2.75) is 44.2 Å². The molecule has 1 heterocycles. The van der Waals surface area contributed by atoms with Gasteiger partial charge < -0.3 is 20.4 Å². The molecule has 2 N–H and O–H groups in total. The van der Waals surface area contributed by atoms with Gasteiger partial charge in [-0.3, -0.25) is 4.90 Å². The van der Waals surface area contributed by atoms with Gasteiger partial charge in [-0.2, -0.15) is 0 Å². The first-order valence-electron chi connectivity index (χ1n) is 10.8. The number of carbonyl (C=O) groups is 1. The molecule has 0 aromatic heterocycles. The van der Waals surface area contributed by atoms with Crippen molar-refractivity contribution in [2.75, 3.05) is 58.8 Å². The molecule has 6 nitrogen and oxygen atoms in total. The average molecular weight is 388 g/mol. The van der Waals surface area contributed by atoms with Gasteiger partial charge in [0, 0.05) is 58.5 Å². The highest BCUT2D eigenvalue weighted by Gasteiger charge is 2.25. The highest BCUT2D eigenvalue weighted by atomic mass is 16.2. The van der Waals surface area contributed by atoms with Gasteiger partial charge in [-0.05, 0) is 37.6 Å². The van der Waals surface area contributed by atoms with Gasteiger partial charge in [-0.25, -0.2) is 4.79 Å². The summed E-state index contributed by atoms with van der Waals surface area (Å²) in [4.78, 5) is 19.5. The molecule has 1 aromatic carbocycles. The van der Waals surface area contributed by atoms with E-state index in [1.54, 1.807) is 0 Å². The van der Waals surface area contributed by atoms with E-state index in [4.69, 9.17) is 0 Å². The topological polar surface area (TPSA) is 50.9 Å². The van der Waals surface area contributed by atoms with Gasteiger partial charge in [0.25, 0.3) is 0 Å². The van der Waals surface area contributed by atoms with Gasteiger partial charge in [0.05, 0.1) is 6.04 Å². The number of likely N-dealkylation sites (N-methyl/N-ethyl adjacent to an activating group) is 1. The van der Waals surface area contributed by atoms with E-state index in [1.165, 1.54) is 30.5 Å². The molecule has 1 aromatic rings. The van der Waals surface area contributed by atoms with E-state index < -0.39 is 0 Å². The molecule has 1 aliphatic carbocycles. The van der Waals surface area contributed by atoms with Crippen molar-refractivity contribution in [1.29, 1.82) is 0 Å². The Morgan fingerprint density at radius 3 is 2.32 bits per heavy atom. The van der Waals surface area contributed by atoms with E-state index in [9.17, 15) is 4.79 Å². The van der Waals surface area contributed by atoms with Crippen molar-refractivity contribution in [3.8, 4) is 0 Å². The van der Waals surface area contributed by atoms with Crippen LogP contribution in [-0.2, 0) is 0 Å². The predicted octanol–water partition coefficient (Wildman–Crippen LogP) is 2.67. The monoisotopic (exact) mass is 387 g/mol. The number of anilines is 1. The smallest absolute Gasteiger partial charge is 0.315 e. The van der Waals surface area contributed by atoms with Crippen molar-refractivity contribution in [2.24, 2.45) is 0 Å². The fraction of sp³-hybridized carbons (Fsp3) is 0.682. The predicted molar refractivity (Wildman–Crippen MR) is 116 cm³/mol. The van der Waals surface area contributed by atoms with Crippen molar-refractivity contribution < 1.29 is 4.79 Å². The maximum absolute atomic E-state index is 12.5. The highest BCUT2D eigenvalue weighted by molar-refractivity contribution is 5.74. The lowest BCUT2D eigenvalue weighted by molar-refractivity contribution is 0.111. The summed E-state index contributed by atoms with van der Waals surface area (Å²) in [7, 11) is 6.29. The van der Waals surface area contributed by atoms with Crippen molar-refractivity contribution in [1.82, 2.24) is 20.4 Å². The second kappa shape index (κ2) is 10.1. The molecule has 1 saturated carbocycles. The van der Waals surface area contributed by atoms with E-state index in [0.717, 1.165) is 39.0 Å². The number of piperazine rings is 1. The molecule has 0 unspecified atom stereocenters. The number of nitrogens with zero attached hydrogens (tertiary/aromatic N) is 3. The Kier molecular flexibility index (Phi) is 7.57. The van der Waals surface area contributed by atoms with Crippen LogP contribution >= 0.6 is 0 Å². The fourth-order valence-corrected chi connectivity index (χ4v) is 4.26. The van der Waals surface area contributed by atoms with Gasteiger partial charge in [0.1, 0.15) is 0 Å². The number of urea groups is 1. The van der Waals surface area contributed by atoms with Crippen molar-refractivity contribution in [3.63, 3.8) is 0 Å². The lowest BCUT2D eigenvalue weighted by atomic mass is 9.96. The standard InChI is InChI=1S/C22H37N5O/c1-25(2)20-11-9-18(10-12-20)21(27-15-13-26(3)14-16-27)17-23-22(28)24-19-7-5-4-6-8-19/h9-12,19,21H,4-8,13-17H2,1-3H3,(H2,23,24,28)/t21-/m0/s1. The van der Waals surface area contributed by atoms with Crippen molar-refractivity contribution >= 4 is 11.7 Å². The average Bonchev–Trinajstić information content (AvgIpc) is 2.70. The van der Waals surface area contributed by atoms with Crippen LogP contribution in [0.4, 0.5) is 10.5 Å². The number of carbonyl (C=O) groups excluding carboxylic acids is 1. The third kappa shape index (κ3) is 5.85. The molecule has 0 radical (unpaired) electrons. The molecule has 156 valence electrons. The molecule has 2 amide bonds. The number of nitrogens with one attached hydrogen (secondary N) is 2. The Morgan fingerprint density at radius 2 is 1.71 bits per heavy atom. The van der Waals surface area contributed by atoms with Gasteiger partial charge in [-0.1, -0.05) is 31.4 Å². The Hall–Kier alpha value is -1.79. The van der Waals surface area contributed by atoms with Crippen LogP contribution in [0, 0.1) is 0 Å². The Bertz CT molecular complexity index is 604. The largest absolute Gasteiger partial charge is 0.378 e. The molecule has 0 bridgehead atoms. The van der Waals surface area contributed by atoms with Crippen LogP contribution in [0.25, 0.3) is 0 Å². The summed E-state index contributed by atoms with van der Waals surface area (Å²) in [6, 6.07) is 9.28. The minimum Gasteiger partial charge on any atom is -0.378 e. The third-order valence-corrected chi connectivity index (χ3v) is 6.17. The first-order chi connectivity index (χ1) is 13.5. The van der Waals surface area contributed by atoms with Gasteiger partial charge >= 0.3 is 6.03 Å². The number of hydrogen-bond donors (Lipinski definition) is 2. The number of hydrogen-bond acceptors (Lipinski definition) is 4. The second-order valence-corrected chi connectivity index (χ2v) is 8.53. The van der Waals surface area contributed by atoms with Crippen molar-refractivity contribution in [3.05, 3.63) is 29.8 Å². The van der Waals surface area contributed by atoms with Crippen LogP contribution in [0.15, 0.2) is 24.3 Å². The van der Waals surface area contributed by atoms with Crippen LogP contribution in [0.5, 0.6) is 0 Å². The lowest BCUT2D eigenvalue weighted by Gasteiger charge is -2.38. The summed E-state index contributed by atoms with van der Waals surface area (Å²) >= 11 is 0. The molecule has 1 aliphatic heterocycles. The molecule has 6 heteroatoms. The highest BCUT2D eigenvalue weighted by Crippen LogP contribution is 2.24. The molecule has 3 rings (SSSR count). The number of benzene rings is 1. The zero-order valence-corrected chi connectivity index (χ0v) is 17.8. The van der Waals surface area contributed by atoms with E-state index >= 15 is 0 Å². The number of rotatable bonds is 6. The molecule has 2 aliphatic rings. The van der Waals surface area contributed by atoms with E-state index in [-0.39, 0.29) is 12.1 Å². The normalized spacial score (nSPS) is 20.5. The summed E-state index contributed by atoms with van der Waals surface area (Å²) in [5, 5.41) is 6.33. The SMILES string of the molecule is CN1CCN([C@@H](CNC(=O)NC2CCCCC2)c2ccc(N(C)C)cc2)CC1. The second-order valence-electron chi connectivity index (χ2n) is 8.53. The van der Waals surface area contributed by atoms with E-state index in [2.05, 4.69) is 70.7 Å². The Labute approximate surface area is 170 Å². The molecular formula is C22H37N5O. The molecule has 1 atom stereocenters. The fourth-order valence-electron chi connectivity index (χ4n) is 4.26. The molecule has 2 fully saturated rings. The van der Waals surface area contributed by atoms with E-state index in [1.807, 2.05) is 0 Å². The summed E-state index contributed by atoms with van der Waals surface area (Å²) < 4.78 is 0. The minimum atomic E-state index is -0.0176. The lowest BCUT2D eigenvalue weighted by Crippen LogP contribution is -2.50. The van der Waals surface area contributed by atoms with Gasteiger partial charge in [-0.15, -0.1) is 0 Å². The molecular weight excluding hydrogens is 350 g/mol. The minimum absolute atomic E-state index is 0.0176. The zero-order chi connectivity index (χ0) is 19.9. The van der Waals surface area contributed by atoms with E-state index in [0.29, 0.717) is 12.6 Å². The van der Waals surface area contributed by atoms with Crippen LogP contribution in [0.1, 0.15) is 43.7 Å². The summed E-state index contributed by atoms with van der Waals surface area (Å²) in [6.07, 6.45) is 5.98. The third-order valence-electron chi connectivity index (χ3n) is 6.17. The quantitative estimate of drug-likeness (QED) is 0.788. The van der Waals surface area contributed by atoms with Crippen LogP contribution in [-0.4, -0.2) is 75.7 Å². The first-order valence-corrected chi connectivity index (χ1v) is 10.8. The Morgan fingerprint density at radius 1 is 1.07 bits per heavy atom. The summed E-state index contributed by atoms with van der Waals surface area (Å²) in [5.41, 5.74) is 2.47.